The Hall–Kier alpha value is -2.20. The standard InChI is InChI=1S/C17H19FN2O/c1-2-19-12-14-7-3-4-9-16(14)20-17(21)11-13-6-5-8-15(18)10-13/h3-10,19H,2,11-12H2,1H3,(H,20,21). The molecule has 2 aromatic rings. The molecular formula is C17H19FN2O. The van der Waals surface area contributed by atoms with Gasteiger partial charge in [-0.15, -0.1) is 0 Å². The predicted molar refractivity (Wildman–Crippen MR) is 82.6 cm³/mol. The molecule has 0 heterocycles. The minimum absolute atomic E-state index is 0.149. The molecule has 0 atom stereocenters. The zero-order valence-electron chi connectivity index (χ0n) is 12.0. The van der Waals surface area contributed by atoms with Crippen molar-refractivity contribution in [1.82, 2.24) is 5.32 Å². The molecule has 0 saturated carbocycles. The largest absolute Gasteiger partial charge is 0.325 e. The molecule has 0 spiro atoms. The summed E-state index contributed by atoms with van der Waals surface area (Å²) in [6.45, 7) is 3.60. The number of para-hydroxylation sites is 1. The average Bonchev–Trinajstić information content (AvgIpc) is 2.46. The van der Waals surface area contributed by atoms with E-state index in [1.807, 2.05) is 31.2 Å². The van der Waals surface area contributed by atoms with Gasteiger partial charge in [0.05, 0.1) is 6.42 Å². The summed E-state index contributed by atoms with van der Waals surface area (Å²) in [6.07, 6.45) is 0.160. The van der Waals surface area contributed by atoms with Gasteiger partial charge in [0.25, 0.3) is 0 Å². The summed E-state index contributed by atoms with van der Waals surface area (Å²) in [7, 11) is 0. The fraction of sp³-hybridized carbons (Fsp3) is 0.235. The first-order valence-electron chi connectivity index (χ1n) is 7.02. The Morgan fingerprint density at radius 3 is 2.71 bits per heavy atom. The molecule has 110 valence electrons. The molecule has 0 aliphatic rings. The third-order valence-corrected chi connectivity index (χ3v) is 3.11. The maximum Gasteiger partial charge on any atom is 0.228 e. The highest BCUT2D eigenvalue weighted by molar-refractivity contribution is 5.92. The lowest BCUT2D eigenvalue weighted by Gasteiger charge is -2.11. The van der Waals surface area contributed by atoms with Crippen LogP contribution in [0.2, 0.25) is 0 Å². The summed E-state index contributed by atoms with van der Waals surface area (Å²) in [6, 6.07) is 13.8. The molecule has 4 heteroatoms. The molecule has 0 bridgehead atoms. The van der Waals surface area contributed by atoms with Crippen LogP contribution in [0.5, 0.6) is 0 Å². The van der Waals surface area contributed by atoms with Crippen LogP contribution >= 0.6 is 0 Å². The molecule has 0 saturated heterocycles. The molecule has 3 nitrogen and oxygen atoms in total. The molecule has 2 aromatic carbocycles. The van der Waals surface area contributed by atoms with Crippen molar-refractivity contribution in [3.05, 3.63) is 65.5 Å². The van der Waals surface area contributed by atoms with Crippen LogP contribution in [0, 0.1) is 5.82 Å². The molecule has 0 unspecified atom stereocenters. The second-order valence-corrected chi connectivity index (χ2v) is 4.79. The summed E-state index contributed by atoms with van der Waals surface area (Å²) in [5.74, 6) is -0.475. The van der Waals surface area contributed by atoms with E-state index >= 15 is 0 Å². The highest BCUT2D eigenvalue weighted by Crippen LogP contribution is 2.15. The minimum atomic E-state index is -0.326. The van der Waals surface area contributed by atoms with Crippen molar-refractivity contribution in [2.24, 2.45) is 0 Å². The van der Waals surface area contributed by atoms with Gasteiger partial charge in [-0.3, -0.25) is 4.79 Å². The first-order valence-corrected chi connectivity index (χ1v) is 7.02. The second-order valence-electron chi connectivity index (χ2n) is 4.79. The Morgan fingerprint density at radius 2 is 1.95 bits per heavy atom. The van der Waals surface area contributed by atoms with E-state index in [-0.39, 0.29) is 18.1 Å². The summed E-state index contributed by atoms with van der Waals surface area (Å²) >= 11 is 0. The van der Waals surface area contributed by atoms with Crippen molar-refractivity contribution in [1.29, 1.82) is 0 Å². The zero-order chi connectivity index (χ0) is 15.1. The number of hydrogen-bond acceptors (Lipinski definition) is 2. The summed E-state index contributed by atoms with van der Waals surface area (Å²) < 4.78 is 13.1. The second kappa shape index (κ2) is 7.55. The van der Waals surface area contributed by atoms with Crippen molar-refractivity contribution in [3.8, 4) is 0 Å². The maximum absolute atomic E-state index is 13.1. The van der Waals surface area contributed by atoms with Gasteiger partial charge in [-0.1, -0.05) is 37.3 Å². The van der Waals surface area contributed by atoms with E-state index in [2.05, 4.69) is 10.6 Å². The van der Waals surface area contributed by atoms with Crippen LogP contribution in [0.15, 0.2) is 48.5 Å². The molecular weight excluding hydrogens is 267 g/mol. The zero-order valence-corrected chi connectivity index (χ0v) is 12.0. The number of anilines is 1. The molecule has 0 aliphatic heterocycles. The molecule has 2 rings (SSSR count). The highest BCUT2D eigenvalue weighted by atomic mass is 19.1. The van der Waals surface area contributed by atoms with Crippen LogP contribution < -0.4 is 10.6 Å². The van der Waals surface area contributed by atoms with Crippen molar-refractivity contribution in [3.63, 3.8) is 0 Å². The monoisotopic (exact) mass is 286 g/mol. The number of benzene rings is 2. The SMILES string of the molecule is CCNCc1ccccc1NC(=O)Cc1cccc(F)c1. The fourth-order valence-electron chi connectivity index (χ4n) is 2.08. The number of hydrogen-bond donors (Lipinski definition) is 2. The first-order chi connectivity index (χ1) is 10.2. The Kier molecular flexibility index (Phi) is 5.46. The quantitative estimate of drug-likeness (QED) is 0.856. The van der Waals surface area contributed by atoms with E-state index in [9.17, 15) is 9.18 Å². The lowest BCUT2D eigenvalue weighted by molar-refractivity contribution is -0.115. The van der Waals surface area contributed by atoms with Crippen LogP contribution in [0.1, 0.15) is 18.1 Å². The number of nitrogens with one attached hydrogen (secondary N) is 2. The van der Waals surface area contributed by atoms with Gasteiger partial charge < -0.3 is 10.6 Å². The highest BCUT2D eigenvalue weighted by Gasteiger charge is 2.07. The topological polar surface area (TPSA) is 41.1 Å². The van der Waals surface area contributed by atoms with Crippen molar-refractivity contribution >= 4 is 11.6 Å². The average molecular weight is 286 g/mol. The van der Waals surface area contributed by atoms with E-state index < -0.39 is 0 Å². The van der Waals surface area contributed by atoms with Gasteiger partial charge in [0.2, 0.25) is 5.91 Å². The molecule has 1 amide bonds. The lowest BCUT2D eigenvalue weighted by atomic mass is 10.1. The Morgan fingerprint density at radius 1 is 1.14 bits per heavy atom. The molecule has 0 fully saturated rings. The smallest absolute Gasteiger partial charge is 0.228 e. The minimum Gasteiger partial charge on any atom is -0.325 e. The lowest BCUT2D eigenvalue weighted by Crippen LogP contribution is -2.18. The fourth-order valence-corrected chi connectivity index (χ4v) is 2.08. The van der Waals surface area contributed by atoms with E-state index in [0.717, 1.165) is 17.8 Å². The van der Waals surface area contributed by atoms with Crippen molar-refractivity contribution in [2.75, 3.05) is 11.9 Å². The van der Waals surface area contributed by atoms with Gasteiger partial charge in [-0.2, -0.15) is 0 Å². The number of halogens is 1. The van der Waals surface area contributed by atoms with Crippen molar-refractivity contribution in [2.45, 2.75) is 19.9 Å². The Bertz CT molecular complexity index is 613. The van der Waals surface area contributed by atoms with Gasteiger partial charge in [0.1, 0.15) is 5.82 Å². The summed E-state index contributed by atoms with van der Waals surface area (Å²) in [5, 5.41) is 6.12. The first kappa shape index (κ1) is 15.2. The van der Waals surface area contributed by atoms with E-state index in [1.54, 1.807) is 12.1 Å². The number of carbonyl (C=O) groups excluding carboxylic acids is 1. The molecule has 0 aromatic heterocycles. The van der Waals surface area contributed by atoms with Crippen LogP contribution in [-0.4, -0.2) is 12.5 Å². The Balaban J connectivity index is 2.02. The molecule has 2 N–H and O–H groups in total. The van der Waals surface area contributed by atoms with Crippen LogP contribution in [0.3, 0.4) is 0 Å². The number of rotatable bonds is 6. The number of amides is 1. The summed E-state index contributed by atoms with van der Waals surface area (Å²) in [4.78, 5) is 12.1. The van der Waals surface area contributed by atoms with E-state index in [1.165, 1.54) is 12.1 Å². The number of carbonyl (C=O) groups is 1. The maximum atomic E-state index is 13.1. The van der Waals surface area contributed by atoms with Gasteiger partial charge in [0.15, 0.2) is 0 Å². The van der Waals surface area contributed by atoms with Crippen LogP contribution in [0.25, 0.3) is 0 Å². The van der Waals surface area contributed by atoms with E-state index in [0.29, 0.717) is 12.1 Å². The normalized spacial score (nSPS) is 10.4. The van der Waals surface area contributed by atoms with Crippen LogP contribution in [-0.2, 0) is 17.8 Å². The third-order valence-electron chi connectivity index (χ3n) is 3.11. The van der Waals surface area contributed by atoms with Gasteiger partial charge >= 0.3 is 0 Å². The molecule has 0 radical (unpaired) electrons. The molecule has 0 aliphatic carbocycles. The Labute approximate surface area is 124 Å². The third kappa shape index (κ3) is 4.68. The van der Waals surface area contributed by atoms with Gasteiger partial charge in [-0.25, -0.2) is 4.39 Å². The molecule has 21 heavy (non-hydrogen) atoms. The van der Waals surface area contributed by atoms with Crippen LogP contribution in [0.4, 0.5) is 10.1 Å². The van der Waals surface area contributed by atoms with Crippen molar-refractivity contribution < 1.29 is 9.18 Å². The van der Waals surface area contributed by atoms with Gasteiger partial charge in [0, 0.05) is 12.2 Å². The summed E-state index contributed by atoms with van der Waals surface area (Å²) in [5.41, 5.74) is 2.49. The van der Waals surface area contributed by atoms with E-state index in [4.69, 9.17) is 0 Å². The van der Waals surface area contributed by atoms with Gasteiger partial charge in [-0.05, 0) is 35.9 Å². The predicted octanol–water partition coefficient (Wildman–Crippen LogP) is 3.12.